The van der Waals surface area contributed by atoms with Crippen LogP contribution in [0.5, 0.6) is 0 Å². The minimum absolute atomic E-state index is 0.215. The fourth-order valence-corrected chi connectivity index (χ4v) is 1.06. The molecule has 1 heterocycles. The van der Waals surface area contributed by atoms with E-state index in [0.29, 0.717) is 11.1 Å². The maximum absolute atomic E-state index is 10.6. The largest absolute Gasteiger partial charge is 0.434 e. The zero-order chi connectivity index (χ0) is 9.97. The van der Waals surface area contributed by atoms with Crippen molar-refractivity contribution < 1.29 is 9.21 Å². The van der Waals surface area contributed by atoms with E-state index in [1.807, 2.05) is 0 Å². The van der Waals surface area contributed by atoms with E-state index in [0.717, 1.165) is 6.29 Å². The molecule has 70 valence electrons. The molecule has 2 aromatic rings. The molecule has 5 heteroatoms. The molecular weight excluding hydrogens is 184 g/mol. The van der Waals surface area contributed by atoms with Crippen LogP contribution in [0.1, 0.15) is 10.4 Å². The summed E-state index contributed by atoms with van der Waals surface area (Å²) >= 11 is 0. The fraction of sp³-hybridized carbons (Fsp3) is 0. The van der Waals surface area contributed by atoms with Crippen LogP contribution in [0.15, 0.2) is 33.5 Å². The van der Waals surface area contributed by atoms with Crippen molar-refractivity contribution in [3.63, 3.8) is 0 Å². The predicted molar refractivity (Wildman–Crippen MR) is 47.9 cm³/mol. The maximum Gasteiger partial charge on any atom is 0.434 e. The van der Waals surface area contributed by atoms with Gasteiger partial charge in [0.15, 0.2) is 0 Å². The van der Waals surface area contributed by atoms with Crippen molar-refractivity contribution in [2.75, 3.05) is 0 Å². The number of aromatic nitrogens is 2. The number of nitrogens with zero attached hydrogens (tertiary/aromatic N) is 1. The van der Waals surface area contributed by atoms with Crippen LogP contribution in [0.25, 0.3) is 11.5 Å². The van der Waals surface area contributed by atoms with Gasteiger partial charge in [0, 0.05) is 11.1 Å². The van der Waals surface area contributed by atoms with E-state index >= 15 is 0 Å². The summed E-state index contributed by atoms with van der Waals surface area (Å²) in [6.45, 7) is 0. The Hall–Kier alpha value is -2.17. The molecule has 0 radical (unpaired) electrons. The van der Waals surface area contributed by atoms with Crippen molar-refractivity contribution in [2.45, 2.75) is 0 Å². The summed E-state index contributed by atoms with van der Waals surface area (Å²) in [4.78, 5) is 21.0. The molecule has 1 aromatic carbocycles. The number of hydrogen-bond acceptors (Lipinski definition) is 4. The number of aromatic amines is 1. The van der Waals surface area contributed by atoms with E-state index in [9.17, 15) is 9.59 Å². The van der Waals surface area contributed by atoms with Crippen molar-refractivity contribution >= 4 is 6.29 Å². The van der Waals surface area contributed by atoms with Gasteiger partial charge < -0.3 is 4.42 Å². The van der Waals surface area contributed by atoms with Crippen molar-refractivity contribution in [3.8, 4) is 11.5 Å². The first kappa shape index (κ1) is 8.43. The van der Waals surface area contributed by atoms with Gasteiger partial charge in [0.25, 0.3) is 0 Å². The predicted octanol–water partition coefficient (Wildman–Crippen LogP) is 0.842. The lowest BCUT2D eigenvalue weighted by Crippen LogP contribution is -1.93. The minimum Gasteiger partial charge on any atom is -0.388 e. The second kappa shape index (κ2) is 3.29. The molecular formula is C9H6N2O3. The molecule has 0 saturated heterocycles. The molecule has 0 unspecified atom stereocenters. The number of carbonyl (C=O) groups excluding carboxylic acids is 1. The lowest BCUT2D eigenvalue weighted by Gasteiger charge is -1.93. The van der Waals surface area contributed by atoms with Crippen LogP contribution in [-0.2, 0) is 0 Å². The lowest BCUT2D eigenvalue weighted by molar-refractivity contribution is 0.112. The highest BCUT2D eigenvalue weighted by Crippen LogP contribution is 2.14. The topological polar surface area (TPSA) is 76.0 Å². The van der Waals surface area contributed by atoms with Crippen LogP contribution < -0.4 is 5.76 Å². The van der Waals surface area contributed by atoms with Gasteiger partial charge in [-0.25, -0.2) is 9.89 Å². The van der Waals surface area contributed by atoms with Gasteiger partial charge in [-0.05, 0) is 12.1 Å². The van der Waals surface area contributed by atoms with Crippen LogP contribution in [0.4, 0.5) is 0 Å². The van der Waals surface area contributed by atoms with Gasteiger partial charge in [-0.2, -0.15) is 0 Å². The van der Waals surface area contributed by atoms with Crippen LogP contribution in [-0.4, -0.2) is 16.5 Å². The molecule has 0 aliphatic carbocycles. The highest BCUT2D eigenvalue weighted by molar-refractivity contribution is 5.75. The van der Waals surface area contributed by atoms with Gasteiger partial charge in [0.2, 0.25) is 5.89 Å². The minimum atomic E-state index is -0.598. The Balaban J connectivity index is 2.42. The van der Waals surface area contributed by atoms with Crippen LogP contribution in [0, 0.1) is 0 Å². The Labute approximate surface area is 78.4 Å². The van der Waals surface area contributed by atoms with Crippen LogP contribution >= 0.6 is 0 Å². The Morgan fingerprint density at radius 1 is 1.29 bits per heavy atom. The normalized spacial score (nSPS) is 10.0. The average Bonchev–Trinajstić information content (AvgIpc) is 2.65. The SMILES string of the molecule is O=Cc1ccc(-c2n[nH]c(=O)o2)cc1. The molecule has 2 rings (SSSR count). The van der Waals surface area contributed by atoms with Gasteiger partial charge in [-0.15, -0.1) is 5.10 Å². The highest BCUT2D eigenvalue weighted by atomic mass is 16.4. The second-order valence-corrected chi connectivity index (χ2v) is 2.66. The second-order valence-electron chi connectivity index (χ2n) is 2.66. The molecule has 0 aliphatic heterocycles. The van der Waals surface area contributed by atoms with Gasteiger partial charge in [0.05, 0.1) is 0 Å². The molecule has 0 atom stereocenters. The third-order valence-electron chi connectivity index (χ3n) is 1.73. The van der Waals surface area contributed by atoms with Crippen molar-refractivity contribution in [1.29, 1.82) is 0 Å². The van der Waals surface area contributed by atoms with Gasteiger partial charge in [-0.1, -0.05) is 12.1 Å². The number of hydrogen-bond donors (Lipinski definition) is 1. The molecule has 5 nitrogen and oxygen atoms in total. The number of nitrogens with one attached hydrogen (secondary N) is 1. The van der Waals surface area contributed by atoms with Crippen molar-refractivity contribution in [2.24, 2.45) is 0 Å². The molecule has 0 saturated carbocycles. The Morgan fingerprint density at radius 2 is 2.00 bits per heavy atom. The average molecular weight is 190 g/mol. The first-order valence-electron chi connectivity index (χ1n) is 3.91. The molecule has 1 aromatic heterocycles. The smallest absolute Gasteiger partial charge is 0.388 e. The Bertz CT molecular complexity index is 495. The molecule has 0 amide bonds. The van der Waals surface area contributed by atoms with E-state index in [2.05, 4.69) is 10.2 Å². The highest BCUT2D eigenvalue weighted by Gasteiger charge is 2.03. The summed E-state index contributed by atoms with van der Waals surface area (Å²) in [5.41, 5.74) is 1.21. The summed E-state index contributed by atoms with van der Waals surface area (Å²) in [6.07, 6.45) is 0.741. The monoisotopic (exact) mass is 190 g/mol. The maximum atomic E-state index is 10.6. The van der Waals surface area contributed by atoms with Gasteiger partial charge >= 0.3 is 5.76 Å². The van der Waals surface area contributed by atoms with Gasteiger partial charge in [-0.3, -0.25) is 4.79 Å². The molecule has 0 aliphatic rings. The van der Waals surface area contributed by atoms with Crippen LogP contribution in [0.3, 0.4) is 0 Å². The van der Waals surface area contributed by atoms with Gasteiger partial charge in [0.1, 0.15) is 6.29 Å². The zero-order valence-corrected chi connectivity index (χ0v) is 7.06. The number of aldehydes is 1. The molecule has 1 N–H and O–H groups in total. The summed E-state index contributed by atoms with van der Waals surface area (Å²) in [5, 5.41) is 5.80. The Morgan fingerprint density at radius 3 is 2.50 bits per heavy atom. The zero-order valence-electron chi connectivity index (χ0n) is 7.06. The van der Waals surface area contributed by atoms with Crippen molar-refractivity contribution in [1.82, 2.24) is 10.2 Å². The third kappa shape index (κ3) is 1.47. The van der Waals surface area contributed by atoms with E-state index in [4.69, 9.17) is 4.42 Å². The number of benzene rings is 1. The molecule has 0 spiro atoms. The molecule has 0 fully saturated rings. The molecule has 0 bridgehead atoms. The summed E-state index contributed by atoms with van der Waals surface area (Å²) in [7, 11) is 0. The summed E-state index contributed by atoms with van der Waals surface area (Å²) in [5.74, 6) is -0.382. The third-order valence-corrected chi connectivity index (χ3v) is 1.73. The lowest BCUT2D eigenvalue weighted by atomic mass is 10.1. The van der Waals surface area contributed by atoms with E-state index in [1.165, 1.54) is 0 Å². The summed E-state index contributed by atoms with van der Waals surface area (Å²) in [6, 6.07) is 6.56. The Kier molecular flexibility index (Phi) is 1.98. The van der Waals surface area contributed by atoms with E-state index in [-0.39, 0.29) is 5.89 Å². The number of H-pyrrole nitrogens is 1. The number of rotatable bonds is 2. The first-order chi connectivity index (χ1) is 6.79. The number of carbonyl (C=O) groups is 1. The van der Waals surface area contributed by atoms with E-state index < -0.39 is 5.76 Å². The quantitative estimate of drug-likeness (QED) is 0.712. The van der Waals surface area contributed by atoms with Crippen molar-refractivity contribution in [3.05, 3.63) is 40.4 Å². The first-order valence-corrected chi connectivity index (χ1v) is 3.91. The van der Waals surface area contributed by atoms with Crippen LogP contribution in [0.2, 0.25) is 0 Å². The fourth-order valence-electron chi connectivity index (χ4n) is 1.06. The van der Waals surface area contributed by atoms with E-state index in [1.54, 1.807) is 24.3 Å². The standard InChI is InChI=1S/C9H6N2O3/c12-5-6-1-3-7(4-2-6)8-10-11-9(13)14-8/h1-5H,(H,11,13). The summed E-state index contributed by atoms with van der Waals surface area (Å²) < 4.78 is 4.73. The molecule has 14 heavy (non-hydrogen) atoms.